The third kappa shape index (κ3) is 33.5. The van der Waals surface area contributed by atoms with Crippen LogP contribution in [0.5, 0.6) is 0 Å². The highest BCUT2D eigenvalue weighted by atomic mass is 16.6. The van der Waals surface area contributed by atoms with Gasteiger partial charge in [-0.3, -0.25) is 9.59 Å². The van der Waals surface area contributed by atoms with Crippen molar-refractivity contribution in [2.45, 2.75) is 66.0 Å². The highest BCUT2D eigenvalue weighted by molar-refractivity contribution is 5.77. The van der Waals surface area contributed by atoms with Gasteiger partial charge >= 0.3 is 0 Å². The summed E-state index contributed by atoms with van der Waals surface area (Å²) in [6, 6.07) is -0.346. The number of carbonyl (C=O) groups is 2. The molecule has 0 saturated heterocycles. The molecule has 44 heavy (non-hydrogen) atoms. The molecule has 13 heteroatoms. The van der Waals surface area contributed by atoms with Gasteiger partial charge in [-0.1, -0.05) is 20.8 Å². The Hall–Kier alpha value is -1.42. The van der Waals surface area contributed by atoms with Gasteiger partial charge in [-0.15, -0.1) is 0 Å². The number of ether oxygens (including phenoxy) is 9. The lowest BCUT2D eigenvalue weighted by Crippen LogP contribution is -2.43. The average molecular weight is 639 g/mol. The first-order chi connectivity index (χ1) is 21.3. The quantitative estimate of drug-likeness (QED) is 0.100. The Balaban J connectivity index is 3.79. The van der Waals surface area contributed by atoms with Crippen molar-refractivity contribution in [1.82, 2.24) is 10.6 Å². The summed E-state index contributed by atoms with van der Waals surface area (Å²) in [5, 5.41) is 5.66. The molecule has 0 saturated carbocycles. The fraction of sp³-hybridized carbons (Fsp3) is 0.935. The number of amides is 2. The summed E-state index contributed by atoms with van der Waals surface area (Å²) < 4.78 is 49.3. The van der Waals surface area contributed by atoms with E-state index in [-0.39, 0.29) is 50.2 Å². The van der Waals surface area contributed by atoms with Gasteiger partial charge in [0.2, 0.25) is 11.8 Å². The van der Waals surface area contributed by atoms with Crippen molar-refractivity contribution in [2.75, 3.05) is 119 Å². The van der Waals surface area contributed by atoms with Crippen LogP contribution in [0.1, 0.15) is 53.9 Å². The zero-order valence-corrected chi connectivity index (χ0v) is 28.1. The first kappa shape index (κ1) is 42.6. The molecule has 0 aromatic rings. The molecule has 0 heterocycles. The normalized spacial score (nSPS) is 12.2. The van der Waals surface area contributed by atoms with Gasteiger partial charge in [0.25, 0.3) is 0 Å². The van der Waals surface area contributed by atoms with Crippen LogP contribution in [0.15, 0.2) is 0 Å². The van der Waals surface area contributed by atoms with Crippen LogP contribution in [0.2, 0.25) is 0 Å². The van der Waals surface area contributed by atoms with Gasteiger partial charge in [-0.2, -0.15) is 0 Å². The minimum Gasteiger partial charge on any atom is -0.379 e. The molecule has 0 aliphatic carbocycles. The highest BCUT2D eigenvalue weighted by Crippen LogP contribution is 1.98. The average Bonchev–Trinajstić information content (AvgIpc) is 2.98. The molecule has 0 radical (unpaired) electrons. The predicted octanol–water partition coefficient (Wildman–Crippen LogP) is 1.99. The van der Waals surface area contributed by atoms with E-state index < -0.39 is 0 Å². The molecule has 0 rings (SSSR count). The van der Waals surface area contributed by atoms with Crippen molar-refractivity contribution in [1.29, 1.82) is 0 Å². The highest BCUT2D eigenvalue weighted by Gasteiger charge is 2.14. The van der Waals surface area contributed by atoms with Gasteiger partial charge in [0.05, 0.1) is 105 Å². The molecule has 0 aromatic heterocycles. The lowest BCUT2D eigenvalue weighted by molar-refractivity contribution is -0.128. The number of carbonyl (C=O) groups excluding carboxylic acids is 2. The van der Waals surface area contributed by atoms with Gasteiger partial charge in [0, 0.05) is 26.2 Å². The van der Waals surface area contributed by atoms with E-state index in [2.05, 4.69) is 24.5 Å². The van der Waals surface area contributed by atoms with E-state index in [0.717, 1.165) is 19.4 Å². The summed E-state index contributed by atoms with van der Waals surface area (Å²) >= 11 is 0. The van der Waals surface area contributed by atoms with Gasteiger partial charge in [-0.05, 0) is 32.6 Å². The smallest absolute Gasteiger partial charge is 0.246 e. The molecule has 2 N–H and O–H groups in total. The van der Waals surface area contributed by atoms with Crippen LogP contribution in [0.25, 0.3) is 0 Å². The third-order valence-electron chi connectivity index (χ3n) is 5.63. The maximum atomic E-state index is 12.3. The summed E-state index contributed by atoms with van der Waals surface area (Å²) in [6.45, 7) is 17.9. The van der Waals surface area contributed by atoms with E-state index in [0.29, 0.717) is 98.4 Å². The zero-order valence-electron chi connectivity index (χ0n) is 28.1. The van der Waals surface area contributed by atoms with E-state index in [1.54, 1.807) is 0 Å². The van der Waals surface area contributed by atoms with Crippen LogP contribution in [0, 0.1) is 5.92 Å². The minimum atomic E-state index is -0.346. The molecule has 0 bridgehead atoms. The van der Waals surface area contributed by atoms with Gasteiger partial charge < -0.3 is 53.3 Å². The van der Waals surface area contributed by atoms with E-state index >= 15 is 0 Å². The maximum Gasteiger partial charge on any atom is 0.246 e. The fourth-order valence-corrected chi connectivity index (χ4v) is 3.32. The summed E-state index contributed by atoms with van der Waals surface area (Å²) in [5.41, 5.74) is 0. The molecule has 0 aliphatic rings. The Morgan fingerprint density at radius 2 is 1.09 bits per heavy atom. The first-order valence-corrected chi connectivity index (χ1v) is 16.1. The van der Waals surface area contributed by atoms with E-state index in [1.807, 2.05) is 20.8 Å². The standard InChI is InChI=1S/C31H62N2O11/c1-6-10-41-24-29(33-31(35)26-43-21-20-39-16-14-36-11-7-27(2)3)25-42-12-8-30(34)32-9-13-37-15-17-38-18-19-40-22-23-44-28(4)5/h27-29H,6-26H2,1-5H3,(H,32,34)(H,33,35). The Kier molecular flexibility index (Phi) is 31.9. The van der Waals surface area contributed by atoms with Crippen molar-refractivity contribution in [3.05, 3.63) is 0 Å². The largest absolute Gasteiger partial charge is 0.379 e. The summed E-state index contributed by atoms with van der Waals surface area (Å²) in [5.74, 6) is 0.223. The molecule has 2 amide bonds. The topological polar surface area (TPSA) is 141 Å². The molecule has 13 nitrogen and oxygen atoms in total. The molecular formula is C31H62N2O11. The maximum absolute atomic E-state index is 12.3. The van der Waals surface area contributed by atoms with Gasteiger partial charge in [-0.25, -0.2) is 0 Å². The Morgan fingerprint density at radius 3 is 1.66 bits per heavy atom. The summed E-state index contributed by atoms with van der Waals surface area (Å²) in [6.07, 6.45) is 2.31. The second kappa shape index (κ2) is 33.0. The van der Waals surface area contributed by atoms with Crippen molar-refractivity contribution >= 4 is 11.8 Å². The first-order valence-electron chi connectivity index (χ1n) is 16.1. The second-order valence-electron chi connectivity index (χ2n) is 10.7. The van der Waals surface area contributed by atoms with Crippen LogP contribution in [0.3, 0.4) is 0 Å². The Labute approximate surface area is 265 Å². The minimum absolute atomic E-state index is 0.0854. The third-order valence-corrected chi connectivity index (χ3v) is 5.63. The molecule has 1 unspecified atom stereocenters. The summed E-state index contributed by atoms with van der Waals surface area (Å²) in [7, 11) is 0. The van der Waals surface area contributed by atoms with Crippen molar-refractivity contribution in [2.24, 2.45) is 5.92 Å². The van der Waals surface area contributed by atoms with Crippen LogP contribution < -0.4 is 10.6 Å². The second-order valence-corrected chi connectivity index (χ2v) is 10.7. The van der Waals surface area contributed by atoms with Crippen molar-refractivity contribution in [3.63, 3.8) is 0 Å². The van der Waals surface area contributed by atoms with Crippen LogP contribution >= 0.6 is 0 Å². The lowest BCUT2D eigenvalue weighted by atomic mass is 10.1. The van der Waals surface area contributed by atoms with Crippen molar-refractivity contribution in [3.8, 4) is 0 Å². The molecule has 0 fully saturated rings. The lowest BCUT2D eigenvalue weighted by Gasteiger charge is -2.19. The summed E-state index contributed by atoms with van der Waals surface area (Å²) in [4.78, 5) is 24.4. The predicted molar refractivity (Wildman–Crippen MR) is 167 cm³/mol. The molecular weight excluding hydrogens is 576 g/mol. The van der Waals surface area contributed by atoms with Crippen molar-refractivity contribution < 1.29 is 52.2 Å². The molecule has 1 atom stereocenters. The van der Waals surface area contributed by atoms with E-state index in [4.69, 9.17) is 42.6 Å². The Bertz CT molecular complexity index is 642. The van der Waals surface area contributed by atoms with Gasteiger partial charge in [0.15, 0.2) is 0 Å². The monoisotopic (exact) mass is 638 g/mol. The van der Waals surface area contributed by atoms with Gasteiger partial charge in [0.1, 0.15) is 6.61 Å². The SMILES string of the molecule is CCCOCC(COCCC(=O)NCCOCCOCCOCCOC(C)C)NC(=O)COCCOCCOCCC(C)C. The number of hydrogen-bond acceptors (Lipinski definition) is 11. The van der Waals surface area contributed by atoms with Crippen LogP contribution in [-0.2, 0) is 52.2 Å². The number of nitrogens with one attached hydrogen (secondary N) is 2. The Morgan fingerprint density at radius 1 is 0.568 bits per heavy atom. The molecule has 262 valence electrons. The number of hydrogen-bond donors (Lipinski definition) is 2. The number of rotatable bonds is 34. The zero-order chi connectivity index (χ0) is 32.5. The van der Waals surface area contributed by atoms with Crippen LogP contribution in [-0.4, -0.2) is 143 Å². The fourth-order valence-electron chi connectivity index (χ4n) is 3.32. The van der Waals surface area contributed by atoms with E-state index in [9.17, 15) is 9.59 Å². The molecule has 0 spiro atoms. The van der Waals surface area contributed by atoms with E-state index in [1.165, 1.54) is 0 Å². The van der Waals surface area contributed by atoms with Crippen LogP contribution in [0.4, 0.5) is 0 Å². The molecule has 0 aromatic carbocycles. The molecule has 0 aliphatic heterocycles.